The average Bonchev–Trinajstić information content (AvgIpc) is 3.12. The number of halogens is 1. The molecule has 0 atom stereocenters. The van der Waals surface area contributed by atoms with Crippen LogP contribution in [0.15, 0.2) is 53.9 Å². The number of aromatic nitrogens is 1. The summed E-state index contributed by atoms with van der Waals surface area (Å²) in [7, 11) is 0. The zero-order valence-electron chi connectivity index (χ0n) is 15.5. The molecule has 6 nitrogen and oxygen atoms in total. The lowest BCUT2D eigenvalue weighted by Gasteiger charge is -2.08. The Labute approximate surface area is 170 Å². The Morgan fingerprint density at radius 3 is 2.79 bits per heavy atom. The molecule has 2 aromatic carbocycles. The van der Waals surface area contributed by atoms with Crippen LogP contribution in [0, 0.1) is 12.7 Å². The number of amides is 2. The number of para-hydroxylation sites is 1. The summed E-state index contributed by atoms with van der Waals surface area (Å²) in [6, 6.07) is 10.9. The number of hydrogen-bond donors (Lipinski definition) is 2. The van der Waals surface area contributed by atoms with Gasteiger partial charge in [-0.1, -0.05) is 18.2 Å². The van der Waals surface area contributed by atoms with Gasteiger partial charge in [-0.15, -0.1) is 11.3 Å². The van der Waals surface area contributed by atoms with Gasteiger partial charge in [0.2, 0.25) is 5.91 Å². The van der Waals surface area contributed by atoms with Crippen molar-refractivity contribution in [3.63, 3.8) is 0 Å². The molecule has 29 heavy (non-hydrogen) atoms. The molecule has 3 aromatic rings. The van der Waals surface area contributed by atoms with Gasteiger partial charge in [0.15, 0.2) is 0 Å². The van der Waals surface area contributed by atoms with Gasteiger partial charge in [0.1, 0.15) is 18.2 Å². The molecular weight excluding hydrogens is 393 g/mol. The van der Waals surface area contributed by atoms with Crippen molar-refractivity contribution in [3.05, 3.63) is 81.6 Å². The van der Waals surface area contributed by atoms with E-state index in [2.05, 4.69) is 10.3 Å². The second-order valence-electron chi connectivity index (χ2n) is 6.07. The molecule has 1 heterocycles. The number of nitrogens with two attached hydrogens (primary N) is 1. The normalized spacial score (nSPS) is 10.8. The van der Waals surface area contributed by atoms with Gasteiger partial charge in [-0.25, -0.2) is 9.37 Å². The highest BCUT2D eigenvalue weighted by Gasteiger charge is 2.10. The molecular formula is C21H18FN3O3S. The first-order valence-electron chi connectivity index (χ1n) is 8.63. The number of carbonyl (C=O) groups excluding carboxylic acids is 2. The highest BCUT2D eigenvalue weighted by Crippen LogP contribution is 2.21. The van der Waals surface area contributed by atoms with Gasteiger partial charge in [0.05, 0.1) is 16.3 Å². The van der Waals surface area contributed by atoms with Crippen LogP contribution >= 0.6 is 11.3 Å². The Balaban J connectivity index is 1.67. The lowest BCUT2D eigenvalue weighted by Crippen LogP contribution is -2.14. The zero-order chi connectivity index (χ0) is 20.8. The molecule has 0 aliphatic heterocycles. The van der Waals surface area contributed by atoms with E-state index in [1.165, 1.54) is 18.2 Å². The van der Waals surface area contributed by atoms with Crippen molar-refractivity contribution in [1.82, 2.24) is 4.98 Å². The molecule has 0 aliphatic rings. The molecule has 0 bridgehead atoms. The number of primary amides is 1. The van der Waals surface area contributed by atoms with E-state index in [0.717, 1.165) is 16.8 Å². The fraction of sp³-hybridized carbons (Fsp3) is 0.0952. The maximum Gasteiger partial charge on any atom is 0.251 e. The molecule has 148 valence electrons. The molecule has 3 rings (SSSR count). The van der Waals surface area contributed by atoms with Crippen LogP contribution in [-0.2, 0) is 11.4 Å². The molecule has 3 N–H and O–H groups in total. The molecule has 0 fully saturated rings. The van der Waals surface area contributed by atoms with Gasteiger partial charge in [-0.2, -0.15) is 0 Å². The number of thiazole rings is 1. The van der Waals surface area contributed by atoms with E-state index < -0.39 is 17.6 Å². The number of benzene rings is 2. The SMILES string of the molecule is Cc1nc(COc2ccccc2/C=C/C(=O)Nc2ccc(F)c(C(N)=O)c2)cs1. The summed E-state index contributed by atoms with van der Waals surface area (Å²) >= 11 is 1.55. The topological polar surface area (TPSA) is 94.3 Å². The number of ether oxygens (including phenoxy) is 1. The molecule has 0 saturated carbocycles. The maximum atomic E-state index is 13.5. The van der Waals surface area contributed by atoms with Crippen molar-refractivity contribution in [2.24, 2.45) is 5.73 Å². The predicted molar refractivity (Wildman–Crippen MR) is 110 cm³/mol. The summed E-state index contributed by atoms with van der Waals surface area (Å²) in [5, 5.41) is 5.47. The van der Waals surface area contributed by atoms with Gasteiger partial charge < -0.3 is 15.8 Å². The summed E-state index contributed by atoms with van der Waals surface area (Å²) in [4.78, 5) is 27.8. The maximum absolute atomic E-state index is 13.5. The number of anilines is 1. The van der Waals surface area contributed by atoms with Gasteiger partial charge in [-0.05, 0) is 37.3 Å². The lowest BCUT2D eigenvalue weighted by atomic mass is 10.1. The summed E-state index contributed by atoms with van der Waals surface area (Å²) in [6.45, 7) is 2.25. The second-order valence-corrected chi connectivity index (χ2v) is 7.13. The fourth-order valence-corrected chi connectivity index (χ4v) is 3.11. The molecule has 8 heteroatoms. The first-order valence-corrected chi connectivity index (χ1v) is 9.51. The molecule has 0 unspecified atom stereocenters. The zero-order valence-corrected chi connectivity index (χ0v) is 16.3. The quantitative estimate of drug-likeness (QED) is 0.576. The highest BCUT2D eigenvalue weighted by molar-refractivity contribution is 7.09. The highest BCUT2D eigenvalue weighted by atomic mass is 32.1. The van der Waals surface area contributed by atoms with E-state index in [1.54, 1.807) is 23.5 Å². The first kappa shape index (κ1) is 20.2. The number of nitrogens with zero attached hydrogens (tertiary/aromatic N) is 1. The van der Waals surface area contributed by atoms with Crippen molar-refractivity contribution in [2.45, 2.75) is 13.5 Å². The van der Waals surface area contributed by atoms with Crippen LogP contribution in [0.2, 0.25) is 0 Å². The number of nitrogens with one attached hydrogen (secondary N) is 1. The standard InChI is InChI=1S/C21H18FN3O3S/c1-13-24-16(12-29-13)11-28-19-5-3-2-4-14(19)6-9-20(26)25-15-7-8-18(22)17(10-15)21(23)27/h2-10,12H,11H2,1H3,(H2,23,27)(H,25,26)/b9-6+. The van der Waals surface area contributed by atoms with E-state index in [9.17, 15) is 14.0 Å². The summed E-state index contributed by atoms with van der Waals surface area (Å²) < 4.78 is 19.3. The van der Waals surface area contributed by atoms with Crippen LogP contribution in [0.5, 0.6) is 5.75 Å². The summed E-state index contributed by atoms with van der Waals surface area (Å²) in [5.74, 6) is -1.49. The van der Waals surface area contributed by atoms with Crippen molar-refractivity contribution < 1.29 is 18.7 Å². The van der Waals surface area contributed by atoms with Gasteiger partial charge in [0, 0.05) is 22.7 Å². The van der Waals surface area contributed by atoms with Crippen LogP contribution in [0.1, 0.15) is 26.6 Å². The monoisotopic (exact) mass is 411 g/mol. The second kappa shape index (κ2) is 9.11. The Kier molecular flexibility index (Phi) is 6.36. The van der Waals surface area contributed by atoms with Gasteiger partial charge in [-0.3, -0.25) is 9.59 Å². The molecule has 0 aliphatic carbocycles. The Morgan fingerprint density at radius 2 is 2.07 bits per heavy atom. The largest absolute Gasteiger partial charge is 0.487 e. The molecule has 1 aromatic heterocycles. The number of hydrogen-bond acceptors (Lipinski definition) is 5. The van der Waals surface area contributed by atoms with Gasteiger partial charge in [0.25, 0.3) is 5.91 Å². The minimum atomic E-state index is -0.907. The molecule has 0 radical (unpaired) electrons. The van der Waals surface area contributed by atoms with E-state index >= 15 is 0 Å². The lowest BCUT2D eigenvalue weighted by molar-refractivity contribution is -0.111. The third-order valence-corrected chi connectivity index (χ3v) is 4.70. The van der Waals surface area contributed by atoms with Gasteiger partial charge >= 0.3 is 0 Å². The van der Waals surface area contributed by atoms with Crippen LogP contribution in [0.25, 0.3) is 6.08 Å². The smallest absolute Gasteiger partial charge is 0.251 e. The molecule has 0 spiro atoms. The Morgan fingerprint density at radius 1 is 1.28 bits per heavy atom. The van der Waals surface area contributed by atoms with Crippen LogP contribution in [-0.4, -0.2) is 16.8 Å². The Bertz CT molecular complexity index is 1080. The molecule has 0 saturated heterocycles. The predicted octanol–water partition coefficient (Wildman–Crippen LogP) is 3.92. The van der Waals surface area contributed by atoms with Crippen LogP contribution in [0.3, 0.4) is 0 Å². The van der Waals surface area contributed by atoms with Crippen LogP contribution < -0.4 is 15.8 Å². The number of aryl methyl sites for hydroxylation is 1. The van der Waals surface area contributed by atoms with Crippen molar-refractivity contribution in [1.29, 1.82) is 0 Å². The minimum absolute atomic E-state index is 0.262. The number of carbonyl (C=O) groups is 2. The number of rotatable bonds is 7. The average molecular weight is 411 g/mol. The summed E-state index contributed by atoms with van der Waals surface area (Å²) in [5.41, 5.74) is 6.64. The van der Waals surface area contributed by atoms with Crippen molar-refractivity contribution >= 4 is 34.9 Å². The first-order chi connectivity index (χ1) is 13.9. The minimum Gasteiger partial charge on any atom is -0.487 e. The van der Waals surface area contributed by atoms with E-state index in [1.807, 2.05) is 30.5 Å². The fourth-order valence-electron chi connectivity index (χ4n) is 2.52. The third-order valence-electron chi connectivity index (χ3n) is 3.87. The van der Waals surface area contributed by atoms with Crippen LogP contribution in [0.4, 0.5) is 10.1 Å². The van der Waals surface area contributed by atoms with E-state index in [4.69, 9.17) is 10.5 Å². The Hall–Kier alpha value is -3.52. The molecule has 2 amide bonds. The third kappa shape index (κ3) is 5.49. The van der Waals surface area contributed by atoms with Crippen molar-refractivity contribution in [2.75, 3.05) is 5.32 Å². The van der Waals surface area contributed by atoms with Crippen molar-refractivity contribution in [3.8, 4) is 5.75 Å². The summed E-state index contributed by atoms with van der Waals surface area (Å²) in [6.07, 6.45) is 2.93. The van der Waals surface area contributed by atoms with E-state index in [-0.39, 0.29) is 11.3 Å². The van der Waals surface area contributed by atoms with E-state index in [0.29, 0.717) is 17.9 Å².